The topological polar surface area (TPSA) is 190 Å². The number of fused-ring (bicyclic) bond motifs is 1. The van der Waals surface area contributed by atoms with Crippen LogP contribution in [0.2, 0.25) is 0 Å². The molecule has 0 aliphatic carbocycles. The lowest BCUT2D eigenvalue weighted by Gasteiger charge is -2.29. The van der Waals surface area contributed by atoms with E-state index in [9.17, 15) is 31.2 Å². The zero-order chi connectivity index (χ0) is 38.8. The van der Waals surface area contributed by atoms with Crippen LogP contribution in [0, 0.1) is 5.82 Å². The Labute approximate surface area is 296 Å². The number of sulfone groups is 1. The van der Waals surface area contributed by atoms with Crippen molar-refractivity contribution in [3.63, 3.8) is 0 Å². The molecule has 52 heavy (non-hydrogen) atoms. The Kier molecular flexibility index (Phi) is 13.9. The van der Waals surface area contributed by atoms with Gasteiger partial charge in [-0.25, -0.2) is 28.2 Å². The van der Waals surface area contributed by atoms with E-state index in [0.717, 1.165) is 15.8 Å². The van der Waals surface area contributed by atoms with Gasteiger partial charge in [0.2, 0.25) is 5.91 Å². The first kappa shape index (κ1) is 40.9. The molecule has 280 valence electrons. The van der Waals surface area contributed by atoms with Crippen LogP contribution < -0.4 is 26.2 Å². The fraction of sp³-hybridized carbons (Fsp3) is 0.294. The number of carbonyl (C=O) groups is 3. The summed E-state index contributed by atoms with van der Waals surface area (Å²) in [6.07, 6.45) is -2.88. The quantitative estimate of drug-likeness (QED) is 0.0767. The molecule has 0 saturated carbocycles. The van der Waals surface area contributed by atoms with Crippen LogP contribution in [0.5, 0.6) is 5.75 Å². The molecule has 0 bridgehead atoms. The van der Waals surface area contributed by atoms with Crippen molar-refractivity contribution in [2.24, 2.45) is 5.84 Å². The number of pyridine rings is 1. The smallest absolute Gasteiger partial charge is 0.490 e. The van der Waals surface area contributed by atoms with E-state index in [1.807, 2.05) is 0 Å². The second-order valence-electron chi connectivity index (χ2n) is 11.2. The number of nitrogens with two attached hydrogens (primary N) is 1. The standard InChI is InChI=1S/C32H36FN5O6S.C2HF3O2/c1-5-43-26-10-11-28(33)27(17-26)30(38(34)25-9-7-22-18-35-14-13-21(22)16-25)31(39)36-19-23-15-24(37-32(40)44-20(3)4)8-12-29(23)45(41,42)6-2;3-2(4,5)1(6)7/h7-18,20,30H,5-6,19,34H2,1-4H3,(H,36,39)(H,37,40);(H,6,7). The lowest BCUT2D eigenvalue weighted by Crippen LogP contribution is -2.45. The molecule has 5 N–H and O–H groups in total. The molecule has 0 radical (unpaired) electrons. The summed E-state index contributed by atoms with van der Waals surface area (Å²) in [6, 6.07) is 13.9. The zero-order valence-corrected chi connectivity index (χ0v) is 29.2. The number of hydrogen-bond acceptors (Lipinski definition) is 10. The van der Waals surface area contributed by atoms with Crippen molar-refractivity contribution in [2.75, 3.05) is 22.7 Å². The Morgan fingerprint density at radius 1 is 1.00 bits per heavy atom. The molecule has 4 rings (SSSR count). The Hall–Kier alpha value is -5.49. The molecule has 1 atom stereocenters. The molecule has 0 fully saturated rings. The predicted octanol–water partition coefficient (Wildman–Crippen LogP) is 5.89. The van der Waals surface area contributed by atoms with Crippen LogP contribution in [0.15, 0.2) is 78.0 Å². The number of nitrogens with zero attached hydrogens (tertiary/aromatic N) is 2. The number of hydrazine groups is 1. The number of carboxylic acids is 1. The normalized spacial score (nSPS) is 12.0. The number of carbonyl (C=O) groups excluding carboxylic acids is 2. The Morgan fingerprint density at radius 2 is 1.69 bits per heavy atom. The molecule has 0 aliphatic heterocycles. The van der Waals surface area contributed by atoms with Gasteiger partial charge in [0.25, 0.3) is 0 Å². The van der Waals surface area contributed by atoms with E-state index >= 15 is 4.39 Å². The van der Waals surface area contributed by atoms with Crippen LogP contribution >= 0.6 is 0 Å². The van der Waals surface area contributed by atoms with Gasteiger partial charge in [0.1, 0.15) is 11.6 Å². The van der Waals surface area contributed by atoms with Crippen molar-refractivity contribution < 1.29 is 54.9 Å². The molecule has 18 heteroatoms. The minimum Gasteiger partial charge on any atom is -0.494 e. The van der Waals surface area contributed by atoms with Crippen molar-refractivity contribution >= 4 is 50.0 Å². The molecule has 13 nitrogen and oxygen atoms in total. The molecule has 0 spiro atoms. The number of ether oxygens (including phenoxy) is 2. The highest BCUT2D eigenvalue weighted by molar-refractivity contribution is 7.91. The molecule has 1 unspecified atom stereocenters. The lowest BCUT2D eigenvalue weighted by atomic mass is 10.0. The number of aliphatic carboxylic acids is 1. The third-order valence-electron chi connectivity index (χ3n) is 7.08. The maximum absolute atomic E-state index is 15.4. The van der Waals surface area contributed by atoms with Gasteiger partial charge in [-0.1, -0.05) is 13.0 Å². The highest BCUT2D eigenvalue weighted by atomic mass is 32.2. The van der Waals surface area contributed by atoms with E-state index in [0.29, 0.717) is 18.0 Å². The van der Waals surface area contributed by atoms with Crippen LogP contribution in [0.1, 0.15) is 44.9 Å². The number of nitrogens with one attached hydrogen (secondary N) is 2. The number of rotatable bonds is 12. The molecule has 0 saturated heterocycles. The van der Waals surface area contributed by atoms with Crippen LogP contribution in [0.3, 0.4) is 0 Å². The van der Waals surface area contributed by atoms with E-state index < -0.39 is 45.8 Å². The highest BCUT2D eigenvalue weighted by Gasteiger charge is 2.38. The summed E-state index contributed by atoms with van der Waals surface area (Å²) < 4.78 is 83.7. The second kappa shape index (κ2) is 17.6. The molecule has 3 aromatic carbocycles. The summed E-state index contributed by atoms with van der Waals surface area (Å²) in [5, 5.41) is 15.2. The van der Waals surface area contributed by atoms with E-state index in [1.165, 1.54) is 43.3 Å². The van der Waals surface area contributed by atoms with E-state index in [-0.39, 0.29) is 40.1 Å². The molecular weight excluding hydrogens is 714 g/mol. The Bertz CT molecular complexity index is 2010. The van der Waals surface area contributed by atoms with Crippen LogP contribution in [0.4, 0.5) is 33.7 Å². The summed E-state index contributed by atoms with van der Waals surface area (Å²) in [5.41, 5.74) is 0.831. The number of aromatic nitrogens is 1. The number of carboxylic acid groups (broad SMARTS) is 1. The molecule has 2 amide bonds. The Balaban J connectivity index is 0.000000944. The number of amides is 2. The summed E-state index contributed by atoms with van der Waals surface area (Å²) >= 11 is 0. The van der Waals surface area contributed by atoms with Crippen molar-refractivity contribution in [1.29, 1.82) is 0 Å². The minimum absolute atomic E-state index is 0.0260. The molecular formula is C34H37F4N5O8S. The van der Waals surface area contributed by atoms with Crippen molar-refractivity contribution in [3.8, 4) is 5.75 Å². The number of anilines is 2. The maximum Gasteiger partial charge on any atom is 0.490 e. The number of benzene rings is 3. The molecule has 4 aromatic rings. The van der Waals surface area contributed by atoms with E-state index in [2.05, 4.69) is 15.6 Å². The van der Waals surface area contributed by atoms with Crippen molar-refractivity contribution in [2.45, 2.75) is 57.5 Å². The van der Waals surface area contributed by atoms with E-state index in [1.54, 1.807) is 57.4 Å². The first-order chi connectivity index (χ1) is 24.4. The first-order valence-electron chi connectivity index (χ1n) is 15.6. The minimum atomic E-state index is -5.08. The first-order valence-corrected chi connectivity index (χ1v) is 17.2. The summed E-state index contributed by atoms with van der Waals surface area (Å²) in [6.45, 7) is 6.70. The molecule has 1 aromatic heterocycles. The van der Waals surface area contributed by atoms with Gasteiger partial charge in [0.15, 0.2) is 15.9 Å². The maximum atomic E-state index is 15.4. The van der Waals surface area contributed by atoms with Gasteiger partial charge in [-0.05, 0) is 86.3 Å². The van der Waals surface area contributed by atoms with Gasteiger partial charge in [-0.15, -0.1) is 0 Å². The lowest BCUT2D eigenvalue weighted by molar-refractivity contribution is -0.192. The zero-order valence-electron chi connectivity index (χ0n) is 28.4. The van der Waals surface area contributed by atoms with Crippen molar-refractivity contribution in [1.82, 2.24) is 10.3 Å². The van der Waals surface area contributed by atoms with Gasteiger partial charge in [-0.3, -0.25) is 20.1 Å². The number of hydrogen-bond donors (Lipinski definition) is 4. The summed E-state index contributed by atoms with van der Waals surface area (Å²) in [5.74, 6) is 2.55. The van der Waals surface area contributed by atoms with Gasteiger partial charge in [-0.2, -0.15) is 13.2 Å². The predicted molar refractivity (Wildman–Crippen MR) is 184 cm³/mol. The van der Waals surface area contributed by atoms with Crippen molar-refractivity contribution in [3.05, 3.63) is 90.0 Å². The molecule has 0 aliphatic rings. The van der Waals surface area contributed by atoms with Gasteiger partial charge in [0, 0.05) is 35.6 Å². The number of halogens is 4. The molecule has 1 heterocycles. The Morgan fingerprint density at radius 3 is 2.31 bits per heavy atom. The van der Waals surface area contributed by atoms with Gasteiger partial charge in [0.05, 0.1) is 29.0 Å². The monoisotopic (exact) mass is 751 g/mol. The third kappa shape index (κ3) is 11.0. The largest absolute Gasteiger partial charge is 0.494 e. The van der Waals surface area contributed by atoms with E-state index in [4.69, 9.17) is 25.2 Å². The number of alkyl halides is 3. The van der Waals surface area contributed by atoms with Gasteiger partial charge < -0.3 is 19.9 Å². The van der Waals surface area contributed by atoms with Gasteiger partial charge >= 0.3 is 18.2 Å². The van der Waals surface area contributed by atoms with Crippen LogP contribution in [-0.2, 0) is 30.7 Å². The summed E-state index contributed by atoms with van der Waals surface area (Å²) in [4.78, 5) is 39.1. The summed E-state index contributed by atoms with van der Waals surface area (Å²) in [7, 11) is -3.72. The van der Waals surface area contributed by atoms with Crippen LogP contribution in [-0.4, -0.2) is 61.1 Å². The average molecular weight is 752 g/mol. The fourth-order valence-electron chi connectivity index (χ4n) is 4.68. The highest BCUT2D eigenvalue weighted by Crippen LogP contribution is 2.31. The SMILES string of the molecule is CCOc1ccc(F)c(C(C(=O)NCc2cc(NC(=O)OC(C)C)ccc2S(=O)(=O)CC)N(N)c2ccc3cnccc3c2)c1.O=C(O)C(F)(F)F. The second-order valence-corrected chi connectivity index (χ2v) is 13.4. The average Bonchev–Trinajstić information content (AvgIpc) is 3.08. The van der Waals surface area contributed by atoms with Crippen LogP contribution in [0.25, 0.3) is 10.8 Å². The fourth-order valence-corrected chi connectivity index (χ4v) is 5.80. The third-order valence-corrected chi connectivity index (χ3v) is 8.91.